The van der Waals surface area contributed by atoms with Crippen LogP contribution in [0.2, 0.25) is 0 Å². The van der Waals surface area contributed by atoms with E-state index in [1.807, 2.05) is 24.3 Å². The Bertz CT molecular complexity index is 336. The molecule has 1 aromatic rings. The van der Waals surface area contributed by atoms with Gasteiger partial charge in [0, 0.05) is 31.7 Å². The number of carbonyl (C=O) groups excluding carboxylic acids is 1. The molecule has 17 heavy (non-hydrogen) atoms. The third-order valence-corrected chi connectivity index (χ3v) is 2.37. The minimum atomic E-state index is 0.223. The predicted molar refractivity (Wildman–Crippen MR) is 69.7 cm³/mol. The molecule has 1 rings (SSSR count). The summed E-state index contributed by atoms with van der Waals surface area (Å²) in [7, 11) is 1.65. The van der Waals surface area contributed by atoms with Gasteiger partial charge in [-0.1, -0.05) is 0 Å². The summed E-state index contributed by atoms with van der Waals surface area (Å²) in [5.74, 6) is 1.08. The molecule has 0 aliphatic carbocycles. The van der Waals surface area contributed by atoms with Crippen molar-refractivity contribution >= 4 is 11.5 Å². The monoisotopic (exact) mass is 236 g/mol. The van der Waals surface area contributed by atoms with Crippen LogP contribution < -0.4 is 15.4 Å². The van der Waals surface area contributed by atoms with Crippen LogP contribution in [0.1, 0.15) is 13.3 Å². The number of nitrogens with one attached hydrogen (secondary N) is 2. The molecular formula is C13H20N2O2. The highest BCUT2D eigenvalue weighted by Gasteiger charge is 1.94. The van der Waals surface area contributed by atoms with Crippen LogP contribution >= 0.6 is 0 Å². The number of carbonyl (C=O) groups is 1. The normalized spacial score (nSPS) is 10.0. The molecule has 0 aromatic heterocycles. The van der Waals surface area contributed by atoms with E-state index >= 15 is 0 Å². The molecule has 0 fully saturated rings. The molecule has 0 saturated heterocycles. The van der Waals surface area contributed by atoms with Crippen molar-refractivity contribution in [2.45, 2.75) is 13.3 Å². The van der Waals surface area contributed by atoms with Gasteiger partial charge in [0.25, 0.3) is 0 Å². The molecule has 0 atom stereocenters. The summed E-state index contributed by atoms with van der Waals surface area (Å²) < 4.78 is 5.08. The van der Waals surface area contributed by atoms with Crippen molar-refractivity contribution in [2.75, 3.05) is 32.1 Å². The molecule has 0 bridgehead atoms. The van der Waals surface area contributed by atoms with E-state index in [1.54, 1.807) is 14.0 Å². The molecular weight excluding hydrogens is 216 g/mol. The van der Waals surface area contributed by atoms with Crippen LogP contribution in [0.5, 0.6) is 5.75 Å². The summed E-state index contributed by atoms with van der Waals surface area (Å²) in [6.45, 7) is 4.04. The summed E-state index contributed by atoms with van der Waals surface area (Å²) in [5, 5.41) is 6.48. The van der Waals surface area contributed by atoms with Crippen molar-refractivity contribution < 1.29 is 9.53 Å². The highest BCUT2D eigenvalue weighted by molar-refractivity contribution is 5.75. The molecule has 0 aliphatic rings. The van der Waals surface area contributed by atoms with Crippen molar-refractivity contribution in [1.82, 2.24) is 5.32 Å². The molecule has 0 amide bonds. The topological polar surface area (TPSA) is 50.4 Å². The smallest absolute Gasteiger partial charge is 0.131 e. The fraction of sp³-hybridized carbons (Fsp3) is 0.462. The number of hydrogen-bond acceptors (Lipinski definition) is 4. The average Bonchev–Trinajstić information content (AvgIpc) is 2.34. The van der Waals surface area contributed by atoms with E-state index in [1.165, 1.54) is 0 Å². The van der Waals surface area contributed by atoms with E-state index in [2.05, 4.69) is 10.6 Å². The number of rotatable bonds is 8. The zero-order valence-corrected chi connectivity index (χ0v) is 10.5. The lowest BCUT2D eigenvalue weighted by Crippen LogP contribution is -2.24. The van der Waals surface area contributed by atoms with Gasteiger partial charge in [-0.15, -0.1) is 0 Å². The standard InChI is InChI=1S/C13H20N2O2/c1-11(16)7-8-14-9-10-15-12-3-5-13(17-2)6-4-12/h3-6,14-15H,7-10H2,1-2H3. The number of anilines is 1. The maximum Gasteiger partial charge on any atom is 0.131 e. The van der Waals surface area contributed by atoms with Gasteiger partial charge in [0.1, 0.15) is 11.5 Å². The largest absolute Gasteiger partial charge is 0.497 e. The molecule has 94 valence electrons. The van der Waals surface area contributed by atoms with Gasteiger partial charge in [-0.25, -0.2) is 0 Å². The Hall–Kier alpha value is -1.55. The molecule has 0 unspecified atom stereocenters. The van der Waals surface area contributed by atoms with Crippen LogP contribution in [0, 0.1) is 0 Å². The van der Waals surface area contributed by atoms with Gasteiger partial charge in [0.2, 0.25) is 0 Å². The van der Waals surface area contributed by atoms with Gasteiger partial charge in [-0.2, -0.15) is 0 Å². The maximum absolute atomic E-state index is 10.7. The van der Waals surface area contributed by atoms with Crippen LogP contribution in [0.3, 0.4) is 0 Å². The number of benzene rings is 1. The summed E-state index contributed by atoms with van der Waals surface area (Å²) in [4.78, 5) is 10.7. The Labute approximate surface area is 102 Å². The molecule has 4 nitrogen and oxygen atoms in total. The molecule has 0 spiro atoms. The van der Waals surface area contributed by atoms with Gasteiger partial charge in [-0.05, 0) is 31.2 Å². The Morgan fingerprint density at radius 1 is 1.18 bits per heavy atom. The van der Waals surface area contributed by atoms with Crippen LogP contribution in [0.25, 0.3) is 0 Å². The SMILES string of the molecule is COc1ccc(NCCNCCC(C)=O)cc1. The highest BCUT2D eigenvalue weighted by atomic mass is 16.5. The summed E-state index contributed by atoms with van der Waals surface area (Å²) in [6, 6.07) is 7.81. The van der Waals surface area contributed by atoms with Crippen LogP contribution in [0.4, 0.5) is 5.69 Å². The Morgan fingerprint density at radius 2 is 1.88 bits per heavy atom. The number of Topliss-reactive ketones (excluding diaryl/α,β-unsaturated/α-hetero) is 1. The van der Waals surface area contributed by atoms with E-state index in [0.29, 0.717) is 6.42 Å². The fourth-order valence-electron chi connectivity index (χ4n) is 1.39. The lowest BCUT2D eigenvalue weighted by Gasteiger charge is -2.08. The second kappa shape index (κ2) is 7.68. The molecule has 4 heteroatoms. The zero-order chi connectivity index (χ0) is 12.5. The minimum Gasteiger partial charge on any atom is -0.497 e. The predicted octanol–water partition coefficient (Wildman–Crippen LogP) is 1.68. The Morgan fingerprint density at radius 3 is 2.47 bits per heavy atom. The molecule has 0 heterocycles. The first-order chi connectivity index (χ1) is 8.22. The third-order valence-electron chi connectivity index (χ3n) is 2.37. The molecule has 1 aromatic carbocycles. The van der Waals surface area contributed by atoms with Crippen molar-refractivity contribution in [1.29, 1.82) is 0 Å². The van der Waals surface area contributed by atoms with Crippen LogP contribution in [-0.4, -0.2) is 32.5 Å². The zero-order valence-electron chi connectivity index (χ0n) is 10.5. The average molecular weight is 236 g/mol. The summed E-state index contributed by atoms with van der Waals surface area (Å²) >= 11 is 0. The maximum atomic E-state index is 10.7. The Balaban J connectivity index is 2.11. The van der Waals surface area contributed by atoms with Crippen molar-refractivity contribution in [3.05, 3.63) is 24.3 Å². The van der Waals surface area contributed by atoms with Gasteiger partial charge in [0.15, 0.2) is 0 Å². The van der Waals surface area contributed by atoms with Gasteiger partial charge < -0.3 is 15.4 Å². The molecule has 0 saturated carbocycles. The minimum absolute atomic E-state index is 0.223. The number of hydrogen-bond donors (Lipinski definition) is 2. The second-order valence-corrected chi connectivity index (χ2v) is 3.86. The van der Waals surface area contributed by atoms with Gasteiger partial charge >= 0.3 is 0 Å². The number of methoxy groups -OCH3 is 1. The van der Waals surface area contributed by atoms with E-state index in [-0.39, 0.29) is 5.78 Å². The van der Waals surface area contributed by atoms with Crippen molar-refractivity contribution in [2.24, 2.45) is 0 Å². The molecule has 0 aliphatic heterocycles. The van der Waals surface area contributed by atoms with Gasteiger partial charge in [0.05, 0.1) is 7.11 Å². The number of ketones is 1. The van der Waals surface area contributed by atoms with Crippen molar-refractivity contribution in [3.63, 3.8) is 0 Å². The summed E-state index contributed by atoms with van der Waals surface area (Å²) in [6.07, 6.45) is 0.600. The second-order valence-electron chi connectivity index (χ2n) is 3.86. The first-order valence-corrected chi connectivity index (χ1v) is 5.80. The summed E-state index contributed by atoms with van der Waals surface area (Å²) in [5.41, 5.74) is 1.07. The first kappa shape index (κ1) is 13.5. The van der Waals surface area contributed by atoms with E-state index in [9.17, 15) is 4.79 Å². The van der Waals surface area contributed by atoms with E-state index in [0.717, 1.165) is 31.1 Å². The Kier molecular flexibility index (Phi) is 6.10. The van der Waals surface area contributed by atoms with E-state index < -0.39 is 0 Å². The number of ether oxygens (including phenoxy) is 1. The fourth-order valence-corrected chi connectivity index (χ4v) is 1.39. The van der Waals surface area contributed by atoms with Gasteiger partial charge in [-0.3, -0.25) is 4.79 Å². The quantitative estimate of drug-likeness (QED) is 0.674. The van der Waals surface area contributed by atoms with Crippen molar-refractivity contribution in [3.8, 4) is 5.75 Å². The van der Waals surface area contributed by atoms with Crippen LogP contribution in [0.15, 0.2) is 24.3 Å². The molecule has 2 N–H and O–H groups in total. The van der Waals surface area contributed by atoms with Crippen LogP contribution in [-0.2, 0) is 4.79 Å². The van der Waals surface area contributed by atoms with E-state index in [4.69, 9.17) is 4.74 Å². The highest BCUT2D eigenvalue weighted by Crippen LogP contribution is 2.14. The molecule has 0 radical (unpaired) electrons. The lowest BCUT2D eigenvalue weighted by molar-refractivity contribution is -0.116. The first-order valence-electron chi connectivity index (χ1n) is 5.80. The lowest BCUT2D eigenvalue weighted by atomic mass is 10.3. The third kappa shape index (κ3) is 5.92.